The number of methoxy groups -OCH3 is 1. The number of hydrogen-bond donors (Lipinski definition) is 1. The number of nitrogens with one attached hydrogen (secondary N) is 1. The Morgan fingerprint density at radius 2 is 2.00 bits per heavy atom. The molecule has 1 amide bonds. The van der Waals surface area contributed by atoms with Gasteiger partial charge >= 0.3 is 6.18 Å². The van der Waals surface area contributed by atoms with Gasteiger partial charge in [-0.15, -0.1) is 0 Å². The molecule has 1 rings (SSSR count). The van der Waals surface area contributed by atoms with Crippen LogP contribution in [0.3, 0.4) is 0 Å². The first-order valence-corrected chi connectivity index (χ1v) is 6.50. The molecule has 0 fully saturated rings. The average Bonchev–Trinajstić information content (AvgIpc) is 2.44. The van der Waals surface area contributed by atoms with Crippen molar-refractivity contribution in [1.82, 2.24) is 5.32 Å². The lowest BCUT2D eigenvalue weighted by atomic mass is 10.2. The third-order valence-electron chi connectivity index (χ3n) is 2.51. The molecular weight excluding hydrogens is 303 g/mol. The van der Waals surface area contributed by atoms with Crippen LogP contribution in [0, 0.1) is 6.92 Å². The fraction of sp³-hybridized carbons (Fsp3) is 0.500. The number of benzene rings is 1. The van der Waals surface area contributed by atoms with Crippen LogP contribution < -0.4 is 14.8 Å². The quantitative estimate of drug-likeness (QED) is 0.745. The van der Waals surface area contributed by atoms with Crippen LogP contribution in [0.5, 0.6) is 11.5 Å². The van der Waals surface area contributed by atoms with E-state index >= 15 is 0 Å². The Kier molecular flexibility index (Phi) is 6.97. The summed E-state index contributed by atoms with van der Waals surface area (Å²) < 4.78 is 50.2. The maximum Gasteiger partial charge on any atom is 0.411 e. The van der Waals surface area contributed by atoms with Crippen molar-refractivity contribution >= 4 is 5.91 Å². The fourth-order valence-corrected chi connectivity index (χ4v) is 1.54. The average molecular weight is 321 g/mol. The Hall–Kier alpha value is -1.96. The van der Waals surface area contributed by atoms with Crippen LogP contribution in [0.1, 0.15) is 5.56 Å². The van der Waals surface area contributed by atoms with Gasteiger partial charge in [-0.1, -0.05) is 6.07 Å². The summed E-state index contributed by atoms with van der Waals surface area (Å²) in [6, 6.07) is 5.24. The smallest absolute Gasteiger partial charge is 0.411 e. The van der Waals surface area contributed by atoms with E-state index in [1.54, 1.807) is 18.2 Å². The van der Waals surface area contributed by atoms with Gasteiger partial charge in [0.25, 0.3) is 5.91 Å². The molecule has 0 bridgehead atoms. The Labute approximate surface area is 126 Å². The zero-order valence-electron chi connectivity index (χ0n) is 12.3. The first-order chi connectivity index (χ1) is 10.3. The van der Waals surface area contributed by atoms with E-state index in [-0.39, 0.29) is 19.8 Å². The van der Waals surface area contributed by atoms with E-state index in [2.05, 4.69) is 10.1 Å². The molecule has 22 heavy (non-hydrogen) atoms. The molecule has 0 aliphatic carbocycles. The third-order valence-corrected chi connectivity index (χ3v) is 2.51. The predicted molar refractivity (Wildman–Crippen MR) is 73.1 cm³/mol. The minimum absolute atomic E-state index is 0.0245. The van der Waals surface area contributed by atoms with Gasteiger partial charge in [-0.05, 0) is 24.6 Å². The molecule has 0 aliphatic rings. The van der Waals surface area contributed by atoms with Crippen molar-refractivity contribution < 1.29 is 32.2 Å². The van der Waals surface area contributed by atoms with Gasteiger partial charge in [0.1, 0.15) is 6.61 Å². The summed E-state index contributed by atoms with van der Waals surface area (Å²) >= 11 is 0. The molecular formula is C14H18F3NO4. The van der Waals surface area contributed by atoms with Gasteiger partial charge in [-0.2, -0.15) is 13.2 Å². The number of alkyl halides is 3. The molecule has 0 heterocycles. The van der Waals surface area contributed by atoms with E-state index in [1.165, 1.54) is 7.11 Å². The molecule has 0 spiro atoms. The monoisotopic (exact) mass is 321 g/mol. The largest absolute Gasteiger partial charge is 0.493 e. The van der Waals surface area contributed by atoms with Crippen molar-refractivity contribution in [2.75, 3.05) is 33.5 Å². The van der Waals surface area contributed by atoms with Gasteiger partial charge in [0.2, 0.25) is 0 Å². The highest BCUT2D eigenvalue weighted by atomic mass is 19.4. The molecule has 1 aromatic carbocycles. The predicted octanol–water partition coefficient (Wildman–Crippen LogP) is 2.08. The van der Waals surface area contributed by atoms with E-state index in [0.29, 0.717) is 11.5 Å². The lowest BCUT2D eigenvalue weighted by Gasteiger charge is -2.11. The number of ether oxygens (including phenoxy) is 3. The SMILES string of the molecule is COc1cc(C)ccc1OCC(=O)NCCOCC(F)(F)F. The summed E-state index contributed by atoms with van der Waals surface area (Å²) in [6.45, 7) is 0.0427. The summed E-state index contributed by atoms with van der Waals surface area (Å²) in [5.41, 5.74) is 0.982. The number of halogens is 3. The summed E-state index contributed by atoms with van der Waals surface area (Å²) in [5.74, 6) is 0.455. The summed E-state index contributed by atoms with van der Waals surface area (Å²) in [4.78, 5) is 11.5. The normalized spacial score (nSPS) is 11.1. The second kappa shape index (κ2) is 8.47. The van der Waals surface area contributed by atoms with Crippen LogP contribution in [0.2, 0.25) is 0 Å². The van der Waals surface area contributed by atoms with Crippen LogP contribution in [-0.4, -0.2) is 45.6 Å². The fourth-order valence-electron chi connectivity index (χ4n) is 1.54. The molecule has 0 unspecified atom stereocenters. The number of carbonyl (C=O) groups excluding carboxylic acids is 1. The van der Waals surface area contributed by atoms with Crippen molar-refractivity contribution in [1.29, 1.82) is 0 Å². The van der Waals surface area contributed by atoms with Gasteiger partial charge in [0.05, 0.1) is 13.7 Å². The molecule has 1 N–H and O–H groups in total. The molecule has 5 nitrogen and oxygen atoms in total. The zero-order chi connectivity index (χ0) is 16.6. The van der Waals surface area contributed by atoms with E-state index < -0.39 is 18.7 Å². The lowest BCUT2D eigenvalue weighted by molar-refractivity contribution is -0.173. The number of aryl methyl sites for hydroxylation is 1. The van der Waals surface area contributed by atoms with Crippen molar-refractivity contribution in [2.45, 2.75) is 13.1 Å². The molecule has 0 atom stereocenters. The number of rotatable bonds is 8. The molecule has 0 aliphatic heterocycles. The Bertz CT molecular complexity index is 491. The lowest BCUT2D eigenvalue weighted by Crippen LogP contribution is -2.32. The summed E-state index contributed by atoms with van der Waals surface area (Å²) in [6.07, 6.45) is -4.37. The molecule has 124 valence electrons. The van der Waals surface area contributed by atoms with Crippen molar-refractivity contribution in [3.8, 4) is 11.5 Å². The second-order valence-electron chi connectivity index (χ2n) is 4.46. The van der Waals surface area contributed by atoms with Crippen LogP contribution >= 0.6 is 0 Å². The van der Waals surface area contributed by atoms with Crippen molar-refractivity contribution in [3.63, 3.8) is 0 Å². The van der Waals surface area contributed by atoms with Crippen molar-refractivity contribution in [3.05, 3.63) is 23.8 Å². The maximum absolute atomic E-state index is 11.8. The molecule has 0 radical (unpaired) electrons. The van der Waals surface area contributed by atoms with E-state index in [1.807, 2.05) is 6.92 Å². The highest BCUT2D eigenvalue weighted by Crippen LogP contribution is 2.27. The Morgan fingerprint density at radius 3 is 2.64 bits per heavy atom. The topological polar surface area (TPSA) is 56.8 Å². The Balaban J connectivity index is 2.26. The highest BCUT2D eigenvalue weighted by molar-refractivity contribution is 5.77. The van der Waals surface area contributed by atoms with Crippen LogP contribution in [-0.2, 0) is 9.53 Å². The van der Waals surface area contributed by atoms with E-state index in [9.17, 15) is 18.0 Å². The molecule has 8 heteroatoms. The first kappa shape index (κ1) is 18.1. The van der Waals surface area contributed by atoms with Gasteiger partial charge in [-0.3, -0.25) is 4.79 Å². The zero-order valence-corrected chi connectivity index (χ0v) is 12.3. The van der Waals surface area contributed by atoms with Crippen molar-refractivity contribution in [2.24, 2.45) is 0 Å². The minimum atomic E-state index is -4.37. The number of carbonyl (C=O) groups is 1. The number of amides is 1. The molecule has 0 saturated carbocycles. The maximum atomic E-state index is 11.8. The highest BCUT2D eigenvalue weighted by Gasteiger charge is 2.27. The van der Waals surface area contributed by atoms with Gasteiger partial charge in [0.15, 0.2) is 18.1 Å². The minimum Gasteiger partial charge on any atom is -0.493 e. The van der Waals surface area contributed by atoms with E-state index in [0.717, 1.165) is 5.56 Å². The van der Waals surface area contributed by atoms with Crippen LogP contribution in [0.25, 0.3) is 0 Å². The summed E-state index contributed by atoms with van der Waals surface area (Å²) in [5, 5.41) is 2.39. The second-order valence-corrected chi connectivity index (χ2v) is 4.46. The Morgan fingerprint density at radius 1 is 1.27 bits per heavy atom. The van der Waals surface area contributed by atoms with E-state index in [4.69, 9.17) is 9.47 Å². The number of hydrogen-bond acceptors (Lipinski definition) is 4. The molecule has 1 aromatic rings. The third kappa shape index (κ3) is 7.16. The molecule has 0 aromatic heterocycles. The molecule has 0 saturated heterocycles. The standard InChI is InChI=1S/C14H18F3NO4/c1-10-3-4-11(12(7-10)20-2)22-8-13(19)18-5-6-21-9-14(15,16)17/h3-4,7H,5-6,8-9H2,1-2H3,(H,18,19). The first-order valence-electron chi connectivity index (χ1n) is 6.50. The van der Waals surface area contributed by atoms with Gasteiger partial charge < -0.3 is 19.5 Å². The van der Waals surface area contributed by atoms with Gasteiger partial charge in [0, 0.05) is 6.54 Å². The van der Waals surface area contributed by atoms with Crippen LogP contribution in [0.15, 0.2) is 18.2 Å². The summed E-state index contributed by atoms with van der Waals surface area (Å²) in [7, 11) is 1.49. The van der Waals surface area contributed by atoms with Gasteiger partial charge in [-0.25, -0.2) is 0 Å². The van der Waals surface area contributed by atoms with Crippen LogP contribution in [0.4, 0.5) is 13.2 Å².